The normalized spacial score (nSPS) is 15.1. The van der Waals surface area contributed by atoms with Gasteiger partial charge in [0.05, 0.1) is 25.3 Å². The molecule has 5 nitrogen and oxygen atoms in total. The Labute approximate surface area is 195 Å². The number of hydrogen-bond acceptors (Lipinski definition) is 4. The van der Waals surface area contributed by atoms with E-state index in [2.05, 4.69) is 12.1 Å². The summed E-state index contributed by atoms with van der Waals surface area (Å²) in [4.78, 5) is 21.6. The molecule has 0 radical (unpaired) electrons. The molecule has 0 saturated heterocycles. The number of hydrogen-bond donors (Lipinski definition) is 0. The number of benzene rings is 3. The van der Waals surface area contributed by atoms with Gasteiger partial charge in [-0.05, 0) is 47.4 Å². The second-order valence-electron chi connectivity index (χ2n) is 8.24. The zero-order valence-electron chi connectivity index (χ0n) is 19.2. The molecule has 1 aliphatic rings. The van der Waals surface area contributed by atoms with E-state index in [1.165, 1.54) is 0 Å². The maximum atomic E-state index is 13.9. The third-order valence-corrected chi connectivity index (χ3v) is 5.90. The van der Waals surface area contributed by atoms with Gasteiger partial charge >= 0.3 is 0 Å². The molecule has 1 amide bonds. The number of amides is 1. The van der Waals surface area contributed by atoms with Crippen molar-refractivity contribution in [2.24, 2.45) is 5.16 Å². The van der Waals surface area contributed by atoms with E-state index in [0.29, 0.717) is 19.5 Å². The van der Waals surface area contributed by atoms with E-state index in [1.54, 1.807) is 7.11 Å². The summed E-state index contributed by atoms with van der Waals surface area (Å²) >= 11 is 0. The fraction of sp³-hybridized carbons (Fsp3) is 0.286. The highest BCUT2D eigenvalue weighted by Crippen LogP contribution is 2.28. The summed E-state index contributed by atoms with van der Waals surface area (Å²) in [7, 11) is 1.65. The summed E-state index contributed by atoms with van der Waals surface area (Å²) in [6, 6.07) is 27.8. The van der Waals surface area contributed by atoms with Crippen molar-refractivity contribution >= 4 is 11.6 Å². The molecule has 1 heterocycles. The minimum atomic E-state index is -0.345. The molecule has 1 unspecified atom stereocenters. The summed E-state index contributed by atoms with van der Waals surface area (Å²) in [5.41, 5.74) is 3.90. The number of ether oxygens (including phenoxy) is 1. The molecule has 3 aromatic carbocycles. The van der Waals surface area contributed by atoms with Gasteiger partial charge in [-0.15, -0.1) is 0 Å². The van der Waals surface area contributed by atoms with Crippen molar-refractivity contribution in [1.29, 1.82) is 0 Å². The first-order valence-corrected chi connectivity index (χ1v) is 11.5. The molecular weight excluding hydrogens is 412 g/mol. The number of methoxy groups -OCH3 is 1. The lowest BCUT2D eigenvalue weighted by atomic mass is 9.89. The van der Waals surface area contributed by atoms with Crippen LogP contribution in [-0.2, 0) is 9.63 Å². The molecule has 1 aliphatic heterocycles. The summed E-state index contributed by atoms with van der Waals surface area (Å²) in [6.45, 7) is 3.27. The van der Waals surface area contributed by atoms with E-state index in [-0.39, 0.29) is 17.9 Å². The van der Waals surface area contributed by atoms with Crippen LogP contribution in [0.5, 0.6) is 5.75 Å². The van der Waals surface area contributed by atoms with E-state index in [9.17, 15) is 4.79 Å². The van der Waals surface area contributed by atoms with Gasteiger partial charge in [-0.2, -0.15) is 0 Å². The minimum Gasteiger partial charge on any atom is -0.497 e. The second kappa shape index (κ2) is 10.8. The Bertz CT molecular complexity index is 1030. The summed E-state index contributed by atoms with van der Waals surface area (Å²) < 4.78 is 5.24. The molecule has 170 valence electrons. The fourth-order valence-electron chi connectivity index (χ4n) is 4.24. The lowest BCUT2D eigenvalue weighted by molar-refractivity contribution is -0.133. The third-order valence-electron chi connectivity index (χ3n) is 5.90. The van der Waals surface area contributed by atoms with Crippen LogP contribution in [0.4, 0.5) is 0 Å². The van der Waals surface area contributed by atoms with E-state index in [4.69, 9.17) is 9.57 Å². The molecule has 4 rings (SSSR count). The molecule has 0 bridgehead atoms. The van der Waals surface area contributed by atoms with Crippen LogP contribution >= 0.6 is 0 Å². The van der Waals surface area contributed by atoms with E-state index in [1.807, 2.05) is 89.8 Å². The van der Waals surface area contributed by atoms with Gasteiger partial charge in [0.1, 0.15) is 5.75 Å². The summed E-state index contributed by atoms with van der Waals surface area (Å²) in [6.07, 6.45) is 1.38. The Hall–Kier alpha value is -3.60. The predicted molar refractivity (Wildman–Crippen MR) is 131 cm³/mol. The second-order valence-corrected chi connectivity index (χ2v) is 8.24. The number of carbonyl (C=O) groups excluding carboxylic acids is 1. The van der Waals surface area contributed by atoms with E-state index < -0.39 is 0 Å². The Balaban J connectivity index is 1.50. The lowest BCUT2D eigenvalue weighted by Crippen LogP contribution is -2.41. The minimum absolute atomic E-state index is 0.0933. The molecule has 0 aromatic heterocycles. The SMILES string of the molecule is CCCN(CC1CC(c2ccc(OC)cc2)=NO1)C(=O)C(c1ccccc1)c1ccccc1. The largest absolute Gasteiger partial charge is 0.497 e. The molecule has 0 N–H and O–H groups in total. The topological polar surface area (TPSA) is 51.1 Å². The molecule has 0 spiro atoms. The highest BCUT2D eigenvalue weighted by molar-refractivity contribution is 6.01. The van der Waals surface area contributed by atoms with Crippen molar-refractivity contribution in [3.63, 3.8) is 0 Å². The van der Waals surface area contributed by atoms with Crippen molar-refractivity contribution in [1.82, 2.24) is 4.90 Å². The lowest BCUT2D eigenvalue weighted by Gasteiger charge is -2.29. The molecule has 0 fully saturated rings. The Morgan fingerprint density at radius 2 is 1.61 bits per heavy atom. The van der Waals surface area contributed by atoms with Gasteiger partial charge in [0.15, 0.2) is 6.10 Å². The van der Waals surface area contributed by atoms with Crippen LogP contribution in [-0.4, -0.2) is 42.8 Å². The van der Waals surface area contributed by atoms with Crippen LogP contribution in [0.3, 0.4) is 0 Å². The molecule has 3 aromatic rings. The number of nitrogens with zero attached hydrogens (tertiary/aromatic N) is 2. The van der Waals surface area contributed by atoms with Gasteiger partial charge in [0, 0.05) is 13.0 Å². The van der Waals surface area contributed by atoms with Crippen LogP contribution in [0.25, 0.3) is 0 Å². The number of oxime groups is 1. The third kappa shape index (κ3) is 5.43. The highest BCUT2D eigenvalue weighted by Gasteiger charge is 2.31. The van der Waals surface area contributed by atoms with Gasteiger partial charge < -0.3 is 14.5 Å². The monoisotopic (exact) mass is 442 g/mol. The van der Waals surface area contributed by atoms with E-state index in [0.717, 1.165) is 34.6 Å². The number of carbonyl (C=O) groups is 1. The smallest absolute Gasteiger partial charge is 0.234 e. The first-order valence-electron chi connectivity index (χ1n) is 11.5. The Morgan fingerprint density at radius 1 is 1.00 bits per heavy atom. The van der Waals surface area contributed by atoms with Crippen molar-refractivity contribution in [3.05, 3.63) is 102 Å². The molecule has 1 atom stereocenters. The van der Waals surface area contributed by atoms with Crippen LogP contribution in [0.1, 0.15) is 42.4 Å². The average Bonchev–Trinajstić information content (AvgIpc) is 3.34. The van der Waals surface area contributed by atoms with Crippen molar-refractivity contribution < 1.29 is 14.4 Å². The first-order chi connectivity index (χ1) is 16.2. The van der Waals surface area contributed by atoms with Crippen molar-refractivity contribution in [2.45, 2.75) is 31.8 Å². The Morgan fingerprint density at radius 3 is 2.15 bits per heavy atom. The fourth-order valence-corrected chi connectivity index (χ4v) is 4.24. The van der Waals surface area contributed by atoms with Crippen LogP contribution in [0.2, 0.25) is 0 Å². The standard InChI is InChI=1S/C28H30N2O3/c1-3-18-30(20-25-19-26(29-33-25)21-14-16-24(32-2)17-15-21)28(31)27(22-10-6-4-7-11-22)23-12-8-5-9-13-23/h4-17,25,27H,3,18-20H2,1-2H3. The first kappa shape index (κ1) is 22.6. The van der Waals surface area contributed by atoms with Gasteiger partial charge in [0.2, 0.25) is 5.91 Å². The van der Waals surface area contributed by atoms with Gasteiger partial charge in [-0.1, -0.05) is 72.7 Å². The quantitative estimate of drug-likeness (QED) is 0.454. The summed E-state index contributed by atoms with van der Waals surface area (Å²) in [5.74, 6) is 0.556. The van der Waals surface area contributed by atoms with Crippen molar-refractivity contribution in [2.75, 3.05) is 20.2 Å². The van der Waals surface area contributed by atoms with Crippen molar-refractivity contribution in [3.8, 4) is 5.75 Å². The molecule has 33 heavy (non-hydrogen) atoms. The zero-order chi connectivity index (χ0) is 23.0. The molecule has 0 saturated carbocycles. The van der Waals surface area contributed by atoms with Crippen LogP contribution in [0, 0.1) is 0 Å². The molecule has 0 aliphatic carbocycles. The van der Waals surface area contributed by atoms with Crippen LogP contribution < -0.4 is 4.74 Å². The zero-order valence-corrected chi connectivity index (χ0v) is 19.2. The van der Waals surface area contributed by atoms with E-state index >= 15 is 0 Å². The summed E-state index contributed by atoms with van der Waals surface area (Å²) in [5, 5.41) is 4.31. The predicted octanol–water partition coefficient (Wildman–Crippen LogP) is 5.26. The molecular formula is C28H30N2O3. The highest BCUT2D eigenvalue weighted by atomic mass is 16.6. The Kier molecular flexibility index (Phi) is 7.40. The van der Waals surface area contributed by atoms with Crippen LogP contribution in [0.15, 0.2) is 90.1 Å². The maximum Gasteiger partial charge on any atom is 0.234 e. The van der Waals surface area contributed by atoms with Gasteiger partial charge in [0.25, 0.3) is 0 Å². The average molecular weight is 443 g/mol. The van der Waals surface area contributed by atoms with Gasteiger partial charge in [-0.25, -0.2) is 0 Å². The van der Waals surface area contributed by atoms with Gasteiger partial charge in [-0.3, -0.25) is 4.79 Å². The maximum absolute atomic E-state index is 13.9. The molecule has 5 heteroatoms. The number of rotatable bonds is 9.